The van der Waals surface area contributed by atoms with Gasteiger partial charge in [-0.15, -0.1) is 0 Å². The van der Waals surface area contributed by atoms with Gasteiger partial charge in [-0.2, -0.15) is 0 Å². The van der Waals surface area contributed by atoms with Gasteiger partial charge in [-0.1, -0.05) is 188 Å². The number of aromatic nitrogens is 2. The number of benzene rings is 10. The molecule has 0 spiro atoms. The van der Waals surface area contributed by atoms with Crippen molar-refractivity contribution in [3.8, 4) is 67.3 Å². The first-order valence-electron chi connectivity index (χ1n) is 20.7. The molecule has 10 aromatic carbocycles. The molecule has 0 atom stereocenters. The monoisotopic (exact) mass is 776 g/mol. The second kappa shape index (κ2) is 14.3. The van der Waals surface area contributed by atoms with E-state index in [1.807, 2.05) is 30.3 Å². The Morgan fingerprint density at radius 2 is 0.787 bits per heavy atom. The Bertz CT molecular complexity index is 3610. The van der Waals surface area contributed by atoms with Crippen molar-refractivity contribution < 1.29 is 4.42 Å². The molecule has 0 unspecified atom stereocenters. The van der Waals surface area contributed by atoms with E-state index in [2.05, 4.69) is 188 Å². The largest absolute Gasteiger partial charge is 0.456 e. The second-order valence-corrected chi connectivity index (χ2v) is 15.7. The zero-order valence-electron chi connectivity index (χ0n) is 33.1. The van der Waals surface area contributed by atoms with Crippen LogP contribution in [-0.4, -0.2) is 9.97 Å². The highest BCUT2D eigenvalue weighted by Gasteiger charge is 2.15. The zero-order valence-corrected chi connectivity index (χ0v) is 33.1. The van der Waals surface area contributed by atoms with E-state index in [4.69, 9.17) is 14.4 Å². The van der Waals surface area contributed by atoms with Crippen LogP contribution in [0.5, 0.6) is 0 Å². The summed E-state index contributed by atoms with van der Waals surface area (Å²) in [4.78, 5) is 10.2. The van der Waals surface area contributed by atoms with Crippen molar-refractivity contribution >= 4 is 54.3 Å². The van der Waals surface area contributed by atoms with Crippen molar-refractivity contribution in [2.45, 2.75) is 0 Å². The Morgan fingerprint density at radius 3 is 1.49 bits per heavy atom. The Labute approximate surface area is 352 Å². The lowest BCUT2D eigenvalue weighted by Gasteiger charge is -2.14. The van der Waals surface area contributed by atoms with Crippen molar-refractivity contribution in [2.75, 3.05) is 0 Å². The minimum absolute atomic E-state index is 0.697. The van der Waals surface area contributed by atoms with Gasteiger partial charge in [0, 0.05) is 27.5 Å². The summed E-state index contributed by atoms with van der Waals surface area (Å²) in [5.74, 6) is 0.697. The molecule has 0 aliphatic carbocycles. The summed E-state index contributed by atoms with van der Waals surface area (Å²) in [6.07, 6.45) is 0. The Morgan fingerprint density at radius 1 is 0.262 bits per heavy atom. The number of hydrogen-bond acceptors (Lipinski definition) is 3. The number of fused-ring (bicyclic) bond motifs is 7. The molecule has 0 N–H and O–H groups in total. The van der Waals surface area contributed by atoms with Crippen molar-refractivity contribution in [2.24, 2.45) is 0 Å². The molecule has 2 aromatic heterocycles. The van der Waals surface area contributed by atoms with Crippen LogP contribution in [0.15, 0.2) is 223 Å². The first-order chi connectivity index (χ1) is 30.2. The molecule has 284 valence electrons. The fraction of sp³-hybridized carbons (Fsp3) is 0. The summed E-state index contributed by atoms with van der Waals surface area (Å²) in [6, 6.07) is 77.7. The summed E-state index contributed by atoms with van der Waals surface area (Å²) in [6.45, 7) is 0. The molecule has 0 saturated heterocycles. The van der Waals surface area contributed by atoms with E-state index in [-0.39, 0.29) is 0 Å². The van der Waals surface area contributed by atoms with Crippen LogP contribution in [0.4, 0.5) is 0 Å². The van der Waals surface area contributed by atoms with Gasteiger partial charge in [-0.25, -0.2) is 9.97 Å². The molecular formula is C58H36N2O. The molecule has 61 heavy (non-hydrogen) atoms. The van der Waals surface area contributed by atoms with Crippen molar-refractivity contribution in [3.63, 3.8) is 0 Å². The molecule has 0 aliphatic heterocycles. The molecule has 0 saturated carbocycles. The maximum Gasteiger partial charge on any atom is 0.160 e. The van der Waals surface area contributed by atoms with Gasteiger partial charge in [0.1, 0.15) is 11.2 Å². The highest BCUT2D eigenvalue weighted by Crippen LogP contribution is 2.40. The second-order valence-electron chi connectivity index (χ2n) is 15.7. The van der Waals surface area contributed by atoms with Crippen LogP contribution < -0.4 is 0 Å². The van der Waals surface area contributed by atoms with Crippen LogP contribution in [-0.2, 0) is 0 Å². The number of nitrogens with zero attached hydrogens (tertiary/aromatic N) is 2. The van der Waals surface area contributed by atoms with Gasteiger partial charge >= 0.3 is 0 Å². The van der Waals surface area contributed by atoms with Crippen molar-refractivity contribution in [1.29, 1.82) is 0 Å². The van der Waals surface area contributed by atoms with Crippen LogP contribution in [0.3, 0.4) is 0 Å². The molecule has 0 amide bonds. The van der Waals surface area contributed by atoms with Gasteiger partial charge in [0.05, 0.1) is 11.4 Å². The summed E-state index contributed by atoms with van der Waals surface area (Å²) >= 11 is 0. The van der Waals surface area contributed by atoms with E-state index in [9.17, 15) is 0 Å². The molecule has 0 fully saturated rings. The summed E-state index contributed by atoms with van der Waals surface area (Å²) < 4.78 is 6.08. The molecule has 2 heterocycles. The summed E-state index contributed by atoms with van der Waals surface area (Å²) in [5, 5.41) is 9.85. The van der Waals surface area contributed by atoms with E-state index in [0.29, 0.717) is 5.82 Å². The highest BCUT2D eigenvalue weighted by molar-refractivity contribution is 6.20. The smallest absolute Gasteiger partial charge is 0.160 e. The molecule has 12 aromatic rings. The van der Waals surface area contributed by atoms with Crippen LogP contribution in [0.25, 0.3) is 122 Å². The predicted molar refractivity (Wildman–Crippen MR) is 254 cm³/mol. The van der Waals surface area contributed by atoms with Gasteiger partial charge in [0.25, 0.3) is 0 Å². The van der Waals surface area contributed by atoms with Crippen LogP contribution in [0.2, 0.25) is 0 Å². The van der Waals surface area contributed by atoms with Gasteiger partial charge < -0.3 is 4.42 Å². The summed E-state index contributed by atoms with van der Waals surface area (Å²) in [7, 11) is 0. The Balaban J connectivity index is 0.876. The normalized spacial score (nSPS) is 11.6. The molecular weight excluding hydrogens is 741 g/mol. The number of para-hydroxylation sites is 1. The van der Waals surface area contributed by atoms with Crippen LogP contribution in [0, 0.1) is 0 Å². The van der Waals surface area contributed by atoms with E-state index in [1.54, 1.807) is 0 Å². The van der Waals surface area contributed by atoms with Gasteiger partial charge in [0.15, 0.2) is 5.82 Å². The summed E-state index contributed by atoms with van der Waals surface area (Å²) in [5.41, 5.74) is 13.7. The van der Waals surface area contributed by atoms with Gasteiger partial charge in [0.2, 0.25) is 0 Å². The minimum atomic E-state index is 0.697. The first-order valence-corrected chi connectivity index (χ1v) is 20.7. The van der Waals surface area contributed by atoms with Crippen LogP contribution in [0.1, 0.15) is 0 Å². The third kappa shape index (κ3) is 6.14. The Kier molecular flexibility index (Phi) is 8.17. The van der Waals surface area contributed by atoms with Gasteiger partial charge in [-0.3, -0.25) is 0 Å². The van der Waals surface area contributed by atoms with Crippen LogP contribution >= 0.6 is 0 Å². The predicted octanol–water partition coefficient (Wildman–Crippen LogP) is 15.8. The lowest BCUT2D eigenvalue weighted by atomic mass is 9.89. The number of furan rings is 1. The maximum absolute atomic E-state index is 6.08. The van der Waals surface area contributed by atoms with Crippen molar-refractivity contribution in [1.82, 2.24) is 9.97 Å². The lowest BCUT2D eigenvalue weighted by molar-refractivity contribution is 0.669. The van der Waals surface area contributed by atoms with E-state index >= 15 is 0 Å². The third-order valence-electron chi connectivity index (χ3n) is 12.1. The quantitative estimate of drug-likeness (QED) is 0.125. The number of rotatable bonds is 6. The standard InChI is InChI=1S/C58H36N2O/c1-2-11-44(12-3-1)58-59-53(36-54(60-58)42-26-20-39(21-27-42)45-31-33-56-52(34-45)49-16-8-9-17-55(49)61-56)41-24-18-37(19-25-41)38-22-28-43(29-23-38)57-48-15-7-5-13-46(48)35-51-47-14-6-4-10-40(47)30-32-50(51)57/h1-36H. The van der Waals surface area contributed by atoms with Crippen molar-refractivity contribution in [3.05, 3.63) is 218 Å². The average molecular weight is 777 g/mol. The van der Waals surface area contributed by atoms with E-state index in [0.717, 1.165) is 66.7 Å². The molecule has 12 rings (SSSR count). The van der Waals surface area contributed by atoms with E-state index < -0.39 is 0 Å². The number of hydrogen-bond donors (Lipinski definition) is 0. The highest BCUT2D eigenvalue weighted by atomic mass is 16.3. The first kappa shape index (κ1) is 34.9. The van der Waals surface area contributed by atoms with Gasteiger partial charge in [-0.05, 0) is 96.0 Å². The molecule has 3 nitrogen and oxygen atoms in total. The SMILES string of the molecule is c1ccc(-c2nc(-c3ccc(-c4ccc(-c5c6ccccc6cc6c5ccc5ccccc56)cc4)cc3)cc(-c3ccc(-c4ccc5oc6ccccc6c5c4)cc3)n2)cc1. The maximum atomic E-state index is 6.08. The molecule has 0 radical (unpaired) electrons. The Hall–Kier alpha value is -8.14. The van der Waals surface area contributed by atoms with E-state index in [1.165, 1.54) is 49.0 Å². The fourth-order valence-electron chi connectivity index (χ4n) is 8.99. The molecule has 3 heteroatoms. The topological polar surface area (TPSA) is 38.9 Å². The lowest BCUT2D eigenvalue weighted by Crippen LogP contribution is -1.96. The fourth-order valence-corrected chi connectivity index (χ4v) is 8.99. The minimum Gasteiger partial charge on any atom is -0.456 e. The molecule has 0 bridgehead atoms. The zero-order chi connectivity index (χ0) is 40.3. The average Bonchev–Trinajstić information content (AvgIpc) is 3.72. The molecule has 0 aliphatic rings. The third-order valence-corrected chi connectivity index (χ3v) is 12.1.